The Balaban J connectivity index is 1.32. The molecular weight excluding hydrogens is 395 g/mol. The smallest absolute Gasteiger partial charge is 0.165 e. The second kappa shape index (κ2) is 8.14. The van der Waals surface area contributed by atoms with Gasteiger partial charge in [0.1, 0.15) is 11.6 Å². The van der Waals surface area contributed by atoms with E-state index in [1.165, 1.54) is 32.5 Å². The Labute approximate surface area is 179 Å². The zero-order valence-electron chi connectivity index (χ0n) is 17.4. The number of rotatable bonds is 5. The number of hydrogen-bond donors (Lipinski definition) is 1. The van der Waals surface area contributed by atoms with Crippen LogP contribution in [0.15, 0.2) is 36.7 Å². The Morgan fingerprint density at radius 3 is 3.00 bits per heavy atom. The molecule has 3 aromatic rings. The van der Waals surface area contributed by atoms with Gasteiger partial charge >= 0.3 is 0 Å². The molecule has 5 rings (SSSR count). The topological polar surface area (TPSA) is 60.1 Å². The van der Waals surface area contributed by atoms with E-state index in [-0.39, 0.29) is 5.75 Å². The molecule has 1 unspecified atom stereocenters. The summed E-state index contributed by atoms with van der Waals surface area (Å²) in [7, 11) is 4.83. The van der Waals surface area contributed by atoms with E-state index in [1.807, 2.05) is 24.5 Å². The SMILES string of the molecule is CN(CCN1CCN2CCC[C@@H]2C1)c1ccn2ncc(-c3cc(O)ccc3P)c2n1. The number of piperazine rings is 1. The first-order chi connectivity index (χ1) is 14.6. The highest BCUT2D eigenvalue weighted by molar-refractivity contribution is 7.28. The van der Waals surface area contributed by atoms with Crippen molar-refractivity contribution in [3.63, 3.8) is 0 Å². The van der Waals surface area contributed by atoms with Crippen molar-refractivity contribution in [2.75, 3.05) is 51.2 Å². The van der Waals surface area contributed by atoms with Crippen molar-refractivity contribution < 1.29 is 5.11 Å². The van der Waals surface area contributed by atoms with Gasteiger partial charge in [0.2, 0.25) is 0 Å². The van der Waals surface area contributed by atoms with E-state index in [2.05, 4.69) is 36.1 Å². The molecule has 7 nitrogen and oxygen atoms in total. The van der Waals surface area contributed by atoms with Crippen LogP contribution in [0.1, 0.15) is 12.8 Å². The van der Waals surface area contributed by atoms with Gasteiger partial charge in [-0.3, -0.25) is 9.80 Å². The summed E-state index contributed by atoms with van der Waals surface area (Å²) in [6.45, 7) is 6.86. The molecule has 2 aromatic heterocycles. The summed E-state index contributed by atoms with van der Waals surface area (Å²) < 4.78 is 1.79. The average molecular weight is 424 g/mol. The van der Waals surface area contributed by atoms with Crippen LogP contribution in [0.3, 0.4) is 0 Å². The molecule has 8 heteroatoms. The lowest BCUT2D eigenvalue weighted by Gasteiger charge is -2.38. The number of fused-ring (bicyclic) bond motifs is 2. The average Bonchev–Trinajstić information content (AvgIpc) is 3.39. The lowest BCUT2D eigenvalue weighted by molar-refractivity contribution is 0.107. The predicted molar refractivity (Wildman–Crippen MR) is 124 cm³/mol. The number of benzene rings is 1. The summed E-state index contributed by atoms with van der Waals surface area (Å²) in [5, 5.41) is 15.4. The molecule has 158 valence electrons. The maximum atomic E-state index is 9.93. The first kappa shape index (κ1) is 19.7. The third kappa shape index (κ3) is 3.78. The van der Waals surface area contributed by atoms with Gasteiger partial charge in [0.25, 0.3) is 0 Å². The van der Waals surface area contributed by atoms with Crippen molar-refractivity contribution in [2.45, 2.75) is 18.9 Å². The van der Waals surface area contributed by atoms with Gasteiger partial charge in [-0.15, -0.1) is 9.24 Å². The first-order valence-corrected chi connectivity index (χ1v) is 11.3. The van der Waals surface area contributed by atoms with Gasteiger partial charge in [-0.2, -0.15) is 5.10 Å². The molecular formula is C22H29N6OP. The summed E-state index contributed by atoms with van der Waals surface area (Å²) in [5.41, 5.74) is 2.65. The van der Waals surface area contributed by atoms with Crippen molar-refractivity contribution in [3.8, 4) is 16.9 Å². The van der Waals surface area contributed by atoms with E-state index in [9.17, 15) is 5.11 Å². The Kier molecular flexibility index (Phi) is 5.35. The Hall–Kier alpha value is -2.21. The van der Waals surface area contributed by atoms with Crippen LogP contribution in [0.5, 0.6) is 5.75 Å². The summed E-state index contributed by atoms with van der Waals surface area (Å²) in [6.07, 6.45) is 6.48. The monoisotopic (exact) mass is 424 g/mol. The molecule has 2 fully saturated rings. The third-order valence-electron chi connectivity index (χ3n) is 6.50. The largest absolute Gasteiger partial charge is 0.508 e. The Morgan fingerprint density at radius 2 is 2.10 bits per heavy atom. The molecule has 0 saturated carbocycles. The molecule has 2 aliphatic heterocycles. The second-order valence-electron chi connectivity index (χ2n) is 8.44. The second-order valence-corrected chi connectivity index (χ2v) is 9.06. The molecule has 0 bridgehead atoms. The van der Waals surface area contributed by atoms with Crippen molar-refractivity contribution in [2.24, 2.45) is 0 Å². The normalized spacial score (nSPS) is 20.0. The van der Waals surface area contributed by atoms with Crippen LogP contribution in [-0.2, 0) is 0 Å². The standard InChI is InChI=1S/C22H29N6OP/c1-25(9-10-26-11-12-27-7-2-3-16(27)15-26)21-6-8-28-22(24-21)19(14-23-28)18-13-17(29)4-5-20(18)30/h4-6,8,13-14,16,29H,2-3,7,9-12,15,30H2,1H3/t16-/m1/s1. The first-order valence-electron chi connectivity index (χ1n) is 10.7. The molecule has 2 saturated heterocycles. The molecule has 0 aliphatic carbocycles. The summed E-state index contributed by atoms with van der Waals surface area (Å²) >= 11 is 0. The van der Waals surface area contributed by atoms with Crippen molar-refractivity contribution in [1.29, 1.82) is 0 Å². The van der Waals surface area contributed by atoms with Gasteiger partial charge in [0, 0.05) is 57.6 Å². The Morgan fingerprint density at radius 1 is 1.20 bits per heavy atom. The van der Waals surface area contributed by atoms with Gasteiger partial charge in [-0.05, 0) is 48.5 Å². The molecule has 1 N–H and O–H groups in total. The van der Waals surface area contributed by atoms with Crippen LogP contribution in [0.4, 0.5) is 5.82 Å². The minimum Gasteiger partial charge on any atom is -0.508 e. The van der Waals surface area contributed by atoms with Gasteiger partial charge < -0.3 is 10.0 Å². The lowest BCUT2D eigenvalue weighted by Crippen LogP contribution is -2.51. The number of nitrogens with zero attached hydrogens (tertiary/aromatic N) is 6. The van der Waals surface area contributed by atoms with Crippen molar-refractivity contribution >= 4 is 26.0 Å². The number of aromatic hydroxyl groups is 1. The highest BCUT2D eigenvalue weighted by atomic mass is 31.0. The number of hydrogen-bond acceptors (Lipinski definition) is 6. The van der Waals surface area contributed by atoms with Crippen LogP contribution in [-0.4, -0.2) is 81.9 Å². The van der Waals surface area contributed by atoms with Crippen LogP contribution in [0.2, 0.25) is 0 Å². The highest BCUT2D eigenvalue weighted by Crippen LogP contribution is 2.27. The number of anilines is 1. The number of aromatic nitrogens is 3. The summed E-state index contributed by atoms with van der Waals surface area (Å²) in [5.74, 6) is 1.18. The fourth-order valence-corrected chi connectivity index (χ4v) is 5.04. The summed E-state index contributed by atoms with van der Waals surface area (Å²) in [6, 6.07) is 8.12. The fraction of sp³-hybridized carbons (Fsp3) is 0.455. The number of phenolic OH excluding ortho intramolecular Hbond substituents is 1. The predicted octanol–water partition coefficient (Wildman–Crippen LogP) is 1.82. The van der Waals surface area contributed by atoms with Crippen LogP contribution in [0, 0.1) is 0 Å². The maximum Gasteiger partial charge on any atom is 0.165 e. The minimum absolute atomic E-state index is 0.242. The quantitative estimate of drug-likeness (QED) is 0.631. The van der Waals surface area contributed by atoms with Crippen molar-refractivity contribution in [3.05, 3.63) is 36.7 Å². The zero-order valence-corrected chi connectivity index (χ0v) is 18.6. The molecule has 1 aromatic carbocycles. The van der Waals surface area contributed by atoms with E-state index in [0.717, 1.165) is 53.6 Å². The van der Waals surface area contributed by atoms with E-state index in [1.54, 1.807) is 16.6 Å². The zero-order chi connectivity index (χ0) is 20.7. The lowest BCUT2D eigenvalue weighted by atomic mass is 10.1. The van der Waals surface area contributed by atoms with E-state index in [0.29, 0.717) is 0 Å². The molecule has 0 spiro atoms. The molecule has 0 radical (unpaired) electrons. The molecule has 4 heterocycles. The minimum atomic E-state index is 0.242. The Bertz CT molecular complexity index is 1050. The summed E-state index contributed by atoms with van der Waals surface area (Å²) in [4.78, 5) is 12.4. The molecule has 2 aliphatic rings. The van der Waals surface area contributed by atoms with E-state index in [4.69, 9.17) is 4.98 Å². The third-order valence-corrected chi connectivity index (χ3v) is 7.00. The van der Waals surface area contributed by atoms with Gasteiger partial charge in [0.05, 0.1) is 6.20 Å². The van der Waals surface area contributed by atoms with Crippen LogP contribution >= 0.6 is 9.24 Å². The molecule has 30 heavy (non-hydrogen) atoms. The number of likely N-dealkylation sites (N-methyl/N-ethyl adjacent to an activating group) is 1. The van der Waals surface area contributed by atoms with Crippen molar-refractivity contribution in [1.82, 2.24) is 24.4 Å². The highest BCUT2D eigenvalue weighted by Gasteiger charge is 2.30. The van der Waals surface area contributed by atoms with E-state index >= 15 is 0 Å². The van der Waals surface area contributed by atoms with E-state index < -0.39 is 0 Å². The van der Waals surface area contributed by atoms with Crippen LogP contribution < -0.4 is 10.2 Å². The van der Waals surface area contributed by atoms with Gasteiger partial charge in [0.15, 0.2) is 5.65 Å². The van der Waals surface area contributed by atoms with Crippen LogP contribution in [0.25, 0.3) is 16.8 Å². The van der Waals surface area contributed by atoms with Gasteiger partial charge in [-0.25, -0.2) is 9.50 Å². The molecule has 0 amide bonds. The molecule has 2 atom stereocenters. The maximum absolute atomic E-state index is 9.93. The van der Waals surface area contributed by atoms with Gasteiger partial charge in [-0.1, -0.05) is 6.07 Å². The number of phenols is 1. The fourth-order valence-electron chi connectivity index (χ4n) is 4.70.